The molecule has 0 saturated carbocycles. The summed E-state index contributed by atoms with van der Waals surface area (Å²) in [5.41, 5.74) is 3.84. The molecule has 3 aromatic heterocycles. The summed E-state index contributed by atoms with van der Waals surface area (Å²) >= 11 is 0. The van der Waals surface area contributed by atoms with Crippen LogP contribution in [0, 0.1) is 0 Å². The van der Waals surface area contributed by atoms with E-state index in [0.717, 1.165) is 17.1 Å². The van der Waals surface area contributed by atoms with Crippen LogP contribution < -0.4 is 0 Å². The van der Waals surface area contributed by atoms with Crippen LogP contribution in [-0.4, -0.2) is 25.1 Å². The van der Waals surface area contributed by atoms with Crippen molar-refractivity contribution in [2.24, 2.45) is 0 Å². The molecule has 8 heteroatoms. The molecule has 0 saturated heterocycles. The van der Waals surface area contributed by atoms with E-state index in [4.69, 9.17) is 0 Å². The molecule has 31 heavy (non-hydrogen) atoms. The molecule has 0 spiro atoms. The van der Waals surface area contributed by atoms with E-state index in [2.05, 4.69) is 45.2 Å². The Labute approximate surface area is 179 Å². The van der Waals surface area contributed by atoms with Gasteiger partial charge in [0.1, 0.15) is 6.33 Å². The molecule has 5 nitrogen and oxygen atoms in total. The second-order valence-electron chi connectivity index (χ2n) is 7.93. The number of hydrogen-bond donors (Lipinski definition) is 2. The molecule has 1 aromatic carbocycles. The molecule has 166 valence electrons. The predicted molar refractivity (Wildman–Crippen MR) is 117 cm³/mol. The average molecular weight is 432 g/mol. The highest BCUT2D eigenvalue weighted by Crippen LogP contribution is 2.38. The zero-order chi connectivity index (χ0) is 22.6. The number of benzene rings is 1. The van der Waals surface area contributed by atoms with Crippen molar-refractivity contribution < 1.29 is 13.2 Å². The third kappa shape index (κ3) is 4.89. The van der Waals surface area contributed by atoms with Gasteiger partial charge >= 0.3 is 6.18 Å². The zero-order valence-electron chi connectivity index (χ0n) is 18.2. The highest BCUT2D eigenvalue weighted by molar-refractivity contribution is 5.83. The first kappa shape index (κ1) is 22.8. The molecule has 0 aliphatic rings. The molecule has 4 aromatic rings. The number of rotatable bonds is 5. The maximum absolute atomic E-state index is 12.8. The van der Waals surface area contributed by atoms with Crippen molar-refractivity contribution in [3.63, 3.8) is 0 Å². The number of alkyl halides is 3. The number of aromatic amines is 2. The molecule has 0 bridgehead atoms. The van der Waals surface area contributed by atoms with E-state index in [1.807, 2.05) is 6.20 Å². The van der Waals surface area contributed by atoms with Crippen LogP contribution in [0.1, 0.15) is 75.5 Å². The molecule has 0 aliphatic heterocycles. The van der Waals surface area contributed by atoms with Gasteiger partial charge in [0.25, 0.3) is 0 Å². The van der Waals surface area contributed by atoms with Crippen LogP contribution in [-0.2, 0) is 6.18 Å². The van der Waals surface area contributed by atoms with Crippen molar-refractivity contribution >= 4 is 21.9 Å². The zero-order valence-corrected chi connectivity index (χ0v) is 18.2. The van der Waals surface area contributed by atoms with Gasteiger partial charge in [-0.05, 0) is 47.9 Å². The Kier molecular flexibility index (Phi) is 6.97. The van der Waals surface area contributed by atoms with Gasteiger partial charge in [0.15, 0.2) is 0 Å². The second kappa shape index (κ2) is 9.49. The van der Waals surface area contributed by atoms with Crippen LogP contribution in [0.2, 0.25) is 0 Å². The van der Waals surface area contributed by atoms with Crippen LogP contribution in [0.25, 0.3) is 21.9 Å². The van der Waals surface area contributed by atoms with Crippen molar-refractivity contribution in [1.29, 1.82) is 0 Å². The van der Waals surface area contributed by atoms with Gasteiger partial charge in [-0.15, -0.1) is 0 Å². The lowest BCUT2D eigenvalue weighted by atomic mass is 9.93. The molecular weight excluding hydrogens is 403 g/mol. The van der Waals surface area contributed by atoms with E-state index in [1.54, 1.807) is 20.2 Å². The normalized spacial score (nSPS) is 12.9. The van der Waals surface area contributed by atoms with Crippen molar-refractivity contribution in [1.82, 2.24) is 25.1 Å². The standard InChI is InChI=1S/C12H17N3.C11H11F3N2/c1-3-5-9(4-2)10-6-14-11-7-13-8-15-12(10)11;1-6(2)10-7-5-15-16-9(7)4-3-8(10)11(12,13)14/h6-9,14H,3-5H2,1-2H3;3-6H,1-2H3,(H,15,16). The molecule has 0 aliphatic carbocycles. The van der Waals surface area contributed by atoms with Crippen LogP contribution in [0.5, 0.6) is 0 Å². The molecule has 1 atom stereocenters. The summed E-state index contributed by atoms with van der Waals surface area (Å²) in [6, 6.07) is 2.52. The Morgan fingerprint density at radius 3 is 2.48 bits per heavy atom. The number of nitrogens with zero attached hydrogens (tertiary/aromatic N) is 3. The minimum Gasteiger partial charge on any atom is -0.358 e. The number of aromatic nitrogens is 5. The lowest BCUT2D eigenvalue weighted by molar-refractivity contribution is -0.138. The summed E-state index contributed by atoms with van der Waals surface area (Å²) in [7, 11) is 0. The van der Waals surface area contributed by atoms with Crippen LogP contribution in [0.3, 0.4) is 0 Å². The van der Waals surface area contributed by atoms with Gasteiger partial charge in [0.2, 0.25) is 0 Å². The summed E-state index contributed by atoms with van der Waals surface area (Å²) in [5.74, 6) is 0.427. The summed E-state index contributed by atoms with van der Waals surface area (Å²) in [5, 5.41) is 7.00. The lowest BCUT2D eigenvalue weighted by Crippen LogP contribution is -2.10. The van der Waals surface area contributed by atoms with Crippen LogP contribution in [0.15, 0.2) is 37.1 Å². The highest BCUT2D eigenvalue weighted by Gasteiger charge is 2.34. The topological polar surface area (TPSA) is 70.2 Å². The van der Waals surface area contributed by atoms with Crippen molar-refractivity contribution in [2.45, 2.75) is 65.0 Å². The molecule has 0 amide bonds. The SMILES string of the molecule is CC(C)c1c(C(F)(F)F)ccc2[nH]ncc12.CCCC(CC)c1c[nH]c2cncnc12. The van der Waals surface area contributed by atoms with Gasteiger partial charge in [-0.1, -0.05) is 34.1 Å². The van der Waals surface area contributed by atoms with E-state index in [1.165, 1.54) is 37.1 Å². The van der Waals surface area contributed by atoms with Gasteiger partial charge in [-0.2, -0.15) is 18.3 Å². The number of halogens is 3. The van der Waals surface area contributed by atoms with Crippen molar-refractivity contribution in [2.75, 3.05) is 0 Å². The average Bonchev–Trinajstić information content (AvgIpc) is 3.38. The maximum Gasteiger partial charge on any atom is 0.416 e. The number of H-pyrrole nitrogens is 2. The fraction of sp³-hybridized carbons (Fsp3) is 0.435. The predicted octanol–water partition coefficient (Wildman–Crippen LogP) is 6.96. The minimum absolute atomic E-state index is 0.196. The Bertz CT molecular complexity index is 1130. The maximum atomic E-state index is 12.8. The Morgan fingerprint density at radius 2 is 1.84 bits per heavy atom. The highest BCUT2D eigenvalue weighted by atomic mass is 19.4. The third-order valence-corrected chi connectivity index (χ3v) is 5.49. The fourth-order valence-corrected chi connectivity index (χ4v) is 4.04. The van der Waals surface area contributed by atoms with Crippen LogP contribution >= 0.6 is 0 Å². The molecular formula is C23H28F3N5. The van der Waals surface area contributed by atoms with Crippen LogP contribution in [0.4, 0.5) is 13.2 Å². The van der Waals surface area contributed by atoms with Gasteiger partial charge in [0, 0.05) is 11.6 Å². The number of fused-ring (bicyclic) bond motifs is 2. The second-order valence-corrected chi connectivity index (χ2v) is 7.93. The Balaban J connectivity index is 0.000000176. The van der Waals surface area contributed by atoms with Crippen molar-refractivity contribution in [3.05, 3.63) is 53.7 Å². The van der Waals surface area contributed by atoms with Gasteiger partial charge in [-0.3, -0.25) is 5.10 Å². The molecule has 0 fully saturated rings. The third-order valence-electron chi connectivity index (χ3n) is 5.49. The first-order chi connectivity index (χ1) is 14.8. The van der Waals surface area contributed by atoms with E-state index in [0.29, 0.717) is 22.4 Å². The Morgan fingerprint density at radius 1 is 1.06 bits per heavy atom. The summed E-state index contributed by atoms with van der Waals surface area (Å²) in [4.78, 5) is 11.6. The van der Waals surface area contributed by atoms with Gasteiger partial charge in [-0.25, -0.2) is 9.97 Å². The van der Waals surface area contributed by atoms with Gasteiger partial charge < -0.3 is 4.98 Å². The molecule has 4 rings (SSSR count). The minimum atomic E-state index is -4.31. The molecule has 0 radical (unpaired) electrons. The van der Waals surface area contributed by atoms with E-state index < -0.39 is 11.7 Å². The molecule has 1 unspecified atom stereocenters. The first-order valence-corrected chi connectivity index (χ1v) is 10.6. The quantitative estimate of drug-likeness (QED) is 0.359. The summed E-state index contributed by atoms with van der Waals surface area (Å²) in [6.07, 6.45) is 6.30. The number of hydrogen-bond acceptors (Lipinski definition) is 3. The Hall–Kier alpha value is -2.90. The van der Waals surface area contributed by atoms with E-state index in [9.17, 15) is 13.2 Å². The fourth-order valence-electron chi connectivity index (χ4n) is 4.04. The first-order valence-electron chi connectivity index (χ1n) is 10.6. The van der Waals surface area contributed by atoms with E-state index in [-0.39, 0.29) is 5.92 Å². The largest absolute Gasteiger partial charge is 0.416 e. The van der Waals surface area contributed by atoms with Crippen molar-refractivity contribution in [3.8, 4) is 0 Å². The molecule has 3 heterocycles. The van der Waals surface area contributed by atoms with Gasteiger partial charge in [0.05, 0.1) is 34.5 Å². The molecule has 2 N–H and O–H groups in total. The lowest BCUT2D eigenvalue weighted by Gasteiger charge is -2.16. The monoisotopic (exact) mass is 431 g/mol. The van der Waals surface area contributed by atoms with E-state index >= 15 is 0 Å². The summed E-state index contributed by atoms with van der Waals surface area (Å²) < 4.78 is 38.4. The smallest absolute Gasteiger partial charge is 0.358 e. The summed E-state index contributed by atoms with van der Waals surface area (Å²) in [6.45, 7) is 7.96. The number of nitrogens with one attached hydrogen (secondary N) is 2.